The van der Waals surface area contributed by atoms with E-state index in [0.29, 0.717) is 16.9 Å². The first-order chi connectivity index (χ1) is 10.1. The number of methoxy groups -OCH3 is 1. The van der Waals surface area contributed by atoms with Crippen LogP contribution in [0.3, 0.4) is 0 Å². The largest absolute Gasteiger partial charge is 0.489 e. The third-order valence-corrected chi connectivity index (χ3v) is 2.95. The summed E-state index contributed by atoms with van der Waals surface area (Å²) in [5.74, 6) is -0.578. The molecule has 0 spiro atoms. The molecule has 0 radical (unpaired) electrons. The lowest BCUT2D eigenvalue weighted by atomic mass is 10.1. The van der Waals surface area contributed by atoms with Gasteiger partial charge in [-0.3, -0.25) is 0 Å². The van der Waals surface area contributed by atoms with E-state index in [1.807, 2.05) is 0 Å². The summed E-state index contributed by atoms with van der Waals surface area (Å²) < 4.78 is 23.9. The van der Waals surface area contributed by atoms with Gasteiger partial charge in [-0.2, -0.15) is 0 Å². The van der Waals surface area contributed by atoms with Crippen LogP contribution in [0.2, 0.25) is 0 Å². The van der Waals surface area contributed by atoms with Crippen molar-refractivity contribution < 1.29 is 23.8 Å². The van der Waals surface area contributed by atoms with E-state index in [0.717, 1.165) is 6.07 Å². The molecular formula is C16H15FO4. The van der Waals surface area contributed by atoms with Crippen molar-refractivity contribution in [1.82, 2.24) is 0 Å². The Hall–Kier alpha value is -2.40. The number of halogens is 1. The number of hydrogen-bond acceptors (Lipinski definition) is 4. The van der Waals surface area contributed by atoms with Crippen LogP contribution in [0.15, 0.2) is 42.5 Å². The van der Waals surface area contributed by atoms with Crippen LogP contribution < -0.4 is 4.74 Å². The van der Waals surface area contributed by atoms with Gasteiger partial charge in [-0.1, -0.05) is 18.2 Å². The van der Waals surface area contributed by atoms with Crippen LogP contribution in [-0.4, -0.2) is 18.2 Å². The van der Waals surface area contributed by atoms with E-state index in [2.05, 4.69) is 4.74 Å². The first-order valence-electron chi connectivity index (χ1n) is 6.33. The highest BCUT2D eigenvalue weighted by Crippen LogP contribution is 2.17. The fourth-order valence-electron chi connectivity index (χ4n) is 1.80. The maximum absolute atomic E-state index is 13.9. The first kappa shape index (κ1) is 15.0. The zero-order valence-electron chi connectivity index (χ0n) is 11.5. The number of carbonyl (C=O) groups is 1. The highest BCUT2D eigenvalue weighted by molar-refractivity contribution is 5.89. The number of aliphatic hydroxyl groups is 1. The van der Waals surface area contributed by atoms with Crippen molar-refractivity contribution in [3.63, 3.8) is 0 Å². The third kappa shape index (κ3) is 3.79. The van der Waals surface area contributed by atoms with Crippen molar-refractivity contribution in [3.05, 3.63) is 65.0 Å². The Labute approximate surface area is 121 Å². The second kappa shape index (κ2) is 6.85. The molecule has 0 unspecified atom stereocenters. The zero-order valence-corrected chi connectivity index (χ0v) is 11.5. The molecule has 0 aromatic heterocycles. The Balaban J connectivity index is 2.07. The Morgan fingerprint density at radius 2 is 2.05 bits per heavy atom. The molecule has 0 bridgehead atoms. The molecule has 0 saturated heterocycles. The summed E-state index contributed by atoms with van der Waals surface area (Å²) in [7, 11) is 1.24. The summed E-state index contributed by atoms with van der Waals surface area (Å²) >= 11 is 0. The summed E-state index contributed by atoms with van der Waals surface area (Å²) in [5, 5.41) is 9.04. The molecular weight excluding hydrogens is 275 g/mol. The van der Waals surface area contributed by atoms with Gasteiger partial charge in [0, 0.05) is 5.56 Å². The van der Waals surface area contributed by atoms with E-state index in [1.165, 1.54) is 19.2 Å². The minimum atomic E-state index is -0.586. The molecule has 5 heteroatoms. The SMILES string of the molecule is COC(=O)c1ccc(COc2cccc(CO)c2)c(F)c1. The van der Waals surface area contributed by atoms with E-state index in [9.17, 15) is 9.18 Å². The molecule has 0 fully saturated rings. The number of rotatable bonds is 5. The smallest absolute Gasteiger partial charge is 0.337 e. The highest BCUT2D eigenvalue weighted by Gasteiger charge is 2.10. The fraction of sp³-hybridized carbons (Fsp3) is 0.188. The average molecular weight is 290 g/mol. The standard InChI is InChI=1S/C16H15FO4/c1-20-16(19)12-5-6-13(15(17)8-12)10-21-14-4-2-3-11(7-14)9-18/h2-8,18H,9-10H2,1H3. The Morgan fingerprint density at radius 1 is 1.24 bits per heavy atom. The van der Waals surface area contributed by atoms with Gasteiger partial charge in [0.2, 0.25) is 0 Å². The molecule has 0 atom stereocenters. The molecule has 1 N–H and O–H groups in total. The minimum absolute atomic E-state index is 0.0299. The van der Waals surface area contributed by atoms with Crippen molar-refractivity contribution in [1.29, 1.82) is 0 Å². The van der Waals surface area contributed by atoms with Crippen molar-refractivity contribution in [2.75, 3.05) is 7.11 Å². The fourth-order valence-corrected chi connectivity index (χ4v) is 1.80. The lowest BCUT2D eigenvalue weighted by Gasteiger charge is -2.09. The van der Waals surface area contributed by atoms with E-state index in [4.69, 9.17) is 9.84 Å². The maximum atomic E-state index is 13.9. The molecule has 0 aliphatic heterocycles. The van der Waals surface area contributed by atoms with Gasteiger partial charge in [-0.05, 0) is 29.8 Å². The minimum Gasteiger partial charge on any atom is -0.489 e. The lowest BCUT2D eigenvalue weighted by molar-refractivity contribution is 0.0600. The van der Waals surface area contributed by atoms with Crippen molar-refractivity contribution >= 4 is 5.97 Å². The molecule has 0 amide bonds. The molecule has 2 aromatic rings. The van der Waals surface area contributed by atoms with E-state index < -0.39 is 11.8 Å². The Morgan fingerprint density at radius 3 is 2.71 bits per heavy atom. The third-order valence-electron chi connectivity index (χ3n) is 2.95. The van der Waals surface area contributed by atoms with Crippen molar-refractivity contribution in [3.8, 4) is 5.75 Å². The molecule has 0 heterocycles. The van der Waals surface area contributed by atoms with E-state index in [1.54, 1.807) is 24.3 Å². The van der Waals surface area contributed by atoms with Crippen LogP contribution in [-0.2, 0) is 18.0 Å². The van der Waals surface area contributed by atoms with Crippen molar-refractivity contribution in [2.24, 2.45) is 0 Å². The highest BCUT2D eigenvalue weighted by atomic mass is 19.1. The molecule has 0 aliphatic carbocycles. The van der Waals surface area contributed by atoms with E-state index in [-0.39, 0.29) is 18.8 Å². The number of hydrogen-bond donors (Lipinski definition) is 1. The molecule has 21 heavy (non-hydrogen) atoms. The predicted octanol–water partition coefficient (Wildman–Crippen LogP) is 2.68. The second-order valence-electron chi connectivity index (χ2n) is 4.39. The number of benzene rings is 2. The van der Waals surface area contributed by atoms with Gasteiger partial charge >= 0.3 is 5.97 Å². The molecule has 0 aliphatic rings. The van der Waals surface area contributed by atoms with Crippen LogP contribution in [0.4, 0.5) is 4.39 Å². The van der Waals surface area contributed by atoms with Crippen LogP contribution in [0.5, 0.6) is 5.75 Å². The normalized spacial score (nSPS) is 10.2. The van der Waals surface area contributed by atoms with Gasteiger partial charge in [0.25, 0.3) is 0 Å². The van der Waals surface area contributed by atoms with Gasteiger partial charge in [0.1, 0.15) is 18.2 Å². The monoisotopic (exact) mass is 290 g/mol. The first-order valence-corrected chi connectivity index (χ1v) is 6.33. The predicted molar refractivity (Wildman–Crippen MR) is 74.4 cm³/mol. The molecule has 110 valence electrons. The second-order valence-corrected chi connectivity index (χ2v) is 4.39. The topological polar surface area (TPSA) is 55.8 Å². The Kier molecular flexibility index (Phi) is 4.90. The number of aliphatic hydroxyl groups excluding tert-OH is 1. The molecule has 2 aromatic carbocycles. The van der Waals surface area contributed by atoms with Gasteiger partial charge in [-0.25, -0.2) is 9.18 Å². The lowest BCUT2D eigenvalue weighted by Crippen LogP contribution is -2.04. The maximum Gasteiger partial charge on any atom is 0.337 e. The molecule has 2 rings (SSSR count). The average Bonchev–Trinajstić information content (AvgIpc) is 2.53. The van der Waals surface area contributed by atoms with Crippen LogP contribution in [0.25, 0.3) is 0 Å². The number of carbonyl (C=O) groups excluding carboxylic acids is 1. The summed E-state index contributed by atoms with van der Waals surface area (Å²) in [5.41, 5.74) is 1.20. The number of esters is 1. The van der Waals surface area contributed by atoms with E-state index >= 15 is 0 Å². The van der Waals surface area contributed by atoms with Crippen LogP contribution in [0.1, 0.15) is 21.5 Å². The quantitative estimate of drug-likeness (QED) is 0.860. The van der Waals surface area contributed by atoms with Crippen LogP contribution in [0, 0.1) is 5.82 Å². The molecule has 0 saturated carbocycles. The Bertz CT molecular complexity index is 640. The summed E-state index contributed by atoms with van der Waals surface area (Å²) in [6.45, 7) is -0.0540. The van der Waals surface area contributed by atoms with Gasteiger partial charge < -0.3 is 14.6 Å². The summed E-state index contributed by atoms with van der Waals surface area (Å²) in [6.07, 6.45) is 0. The number of ether oxygens (including phenoxy) is 2. The zero-order chi connectivity index (χ0) is 15.2. The summed E-state index contributed by atoms with van der Waals surface area (Å²) in [6, 6.07) is 11.0. The van der Waals surface area contributed by atoms with Gasteiger partial charge in [0.15, 0.2) is 0 Å². The van der Waals surface area contributed by atoms with Crippen LogP contribution >= 0.6 is 0 Å². The molecule has 4 nitrogen and oxygen atoms in total. The van der Waals surface area contributed by atoms with Gasteiger partial charge in [0.05, 0.1) is 19.3 Å². The van der Waals surface area contributed by atoms with Crippen molar-refractivity contribution in [2.45, 2.75) is 13.2 Å². The van der Waals surface area contributed by atoms with Gasteiger partial charge in [-0.15, -0.1) is 0 Å². The summed E-state index contributed by atoms with van der Waals surface area (Å²) in [4.78, 5) is 11.3.